The lowest BCUT2D eigenvalue weighted by Gasteiger charge is -2.20. The van der Waals surface area contributed by atoms with Gasteiger partial charge in [0, 0.05) is 12.6 Å². The molecular weight excluding hydrogens is 227 g/mol. The average molecular weight is 251 g/mol. The van der Waals surface area contributed by atoms with E-state index in [1.807, 2.05) is 0 Å². The van der Waals surface area contributed by atoms with Gasteiger partial charge in [0.05, 0.1) is 0 Å². The molecule has 1 aromatic carbocycles. The first-order valence-corrected chi connectivity index (χ1v) is 6.03. The van der Waals surface area contributed by atoms with Crippen molar-refractivity contribution in [1.82, 2.24) is 9.80 Å². The zero-order valence-corrected chi connectivity index (χ0v) is 11.3. The maximum Gasteiger partial charge on any atom is 0.169 e. The molecule has 101 valence electrons. The Bertz CT molecular complexity index is 322. The van der Waals surface area contributed by atoms with Gasteiger partial charge in [0.1, 0.15) is 0 Å². The molecule has 0 aliphatic carbocycles. The van der Waals surface area contributed by atoms with Crippen LogP contribution in [0.3, 0.4) is 0 Å². The maximum atomic E-state index is 2.53. The number of nitrogens with zero attached hydrogens (tertiary/aromatic N) is 2. The van der Waals surface area contributed by atoms with Crippen molar-refractivity contribution in [2.24, 2.45) is 0 Å². The highest BCUT2D eigenvalue weighted by atomic mass is 16.0. The number of benzene rings is 1. The van der Waals surface area contributed by atoms with Gasteiger partial charge in [-0.05, 0) is 33.5 Å². The summed E-state index contributed by atoms with van der Waals surface area (Å²) in [5.74, 6) is 0. The number of hydrogen-bond donors (Lipinski definition) is 0. The molecule has 0 aromatic heterocycles. The van der Waals surface area contributed by atoms with E-state index in [1.165, 1.54) is 25.0 Å². The fourth-order valence-electron chi connectivity index (χ4n) is 2.22. The lowest BCUT2D eigenvalue weighted by atomic mass is 9.70. The molecule has 1 aliphatic rings. The summed E-state index contributed by atoms with van der Waals surface area (Å²) >= 11 is 0. The Hall–Kier alpha value is -0.875. The van der Waals surface area contributed by atoms with Crippen molar-refractivity contribution in [2.75, 3.05) is 33.6 Å². The fourth-order valence-corrected chi connectivity index (χ4v) is 2.22. The SMILES string of the molecule is CN(C)C1CCN(C[B]c2ccccc2)C1.O.O. The highest BCUT2D eigenvalue weighted by molar-refractivity contribution is 6.53. The highest BCUT2D eigenvalue weighted by Crippen LogP contribution is 2.11. The van der Waals surface area contributed by atoms with Crippen LogP contribution in [0.15, 0.2) is 30.3 Å². The second-order valence-corrected chi connectivity index (χ2v) is 4.78. The van der Waals surface area contributed by atoms with Crippen LogP contribution in [0.5, 0.6) is 0 Å². The van der Waals surface area contributed by atoms with Gasteiger partial charge in [-0.3, -0.25) is 0 Å². The molecule has 1 radical (unpaired) electrons. The van der Waals surface area contributed by atoms with Gasteiger partial charge in [0.25, 0.3) is 0 Å². The summed E-state index contributed by atoms with van der Waals surface area (Å²) in [6.45, 7) is 2.43. The number of likely N-dealkylation sites (N-methyl/N-ethyl adjacent to an activating group) is 1. The maximum absolute atomic E-state index is 2.53. The Kier molecular flexibility index (Phi) is 7.86. The first-order chi connectivity index (χ1) is 7.75. The Morgan fingerprint density at radius 2 is 1.89 bits per heavy atom. The molecule has 4 nitrogen and oxygen atoms in total. The van der Waals surface area contributed by atoms with Crippen LogP contribution in [0.1, 0.15) is 6.42 Å². The van der Waals surface area contributed by atoms with Gasteiger partial charge in [-0.15, -0.1) is 0 Å². The topological polar surface area (TPSA) is 69.5 Å². The molecule has 1 atom stereocenters. The minimum atomic E-state index is 0. The van der Waals surface area contributed by atoms with Crippen molar-refractivity contribution in [1.29, 1.82) is 0 Å². The standard InChI is InChI=1S/C13H20BN2.2H2O/c1-15(2)13-8-9-16(10-13)11-14-12-6-4-3-5-7-12;;/h3-7,13H,8-11H2,1-2H3;2*1H2. The molecule has 1 unspecified atom stereocenters. The molecule has 0 bridgehead atoms. The Balaban J connectivity index is 0.00000144. The molecule has 0 amide bonds. The molecule has 1 fully saturated rings. The molecule has 0 spiro atoms. The van der Waals surface area contributed by atoms with Gasteiger partial charge in [0.2, 0.25) is 0 Å². The molecule has 1 saturated heterocycles. The van der Waals surface area contributed by atoms with Crippen molar-refractivity contribution in [3.8, 4) is 0 Å². The second kappa shape index (κ2) is 8.27. The minimum absolute atomic E-state index is 0. The predicted octanol–water partition coefficient (Wildman–Crippen LogP) is -1.04. The average Bonchev–Trinajstić information content (AvgIpc) is 2.76. The van der Waals surface area contributed by atoms with Crippen molar-refractivity contribution < 1.29 is 11.0 Å². The lowest BCUT2D eigenvalue weighted by Crippen LogP contribution is -2.35. The lowest BCUT2D eigenvalue weighted by molar-refractivity contribution is 0.284. The van der Waals surface area contributed by atoms with Gasteiger partial charge in [-0.1, -0.05) is 35.8 Å². The Morgan fingerprint density at radius 3 is 2.44 bits per heavy atom. The molecule has 1 aliphatic heterocycles. The normalized spacial score (nSPS) is 19.2. The van der Waals surface area contributed by atoms with Gasteiger partial charge in [0.15, 0.2) is 7.28 Å². The number of likely N-dealkylation sites (tertiary alicyclic amines) is 1. The smallest absolute Gasteiger partial charge is 0.169 e. The third-order valence-corrected chi connectivity index (χ3v) is 3.36. The van der Waals surface area contributed by atoms with E-state index < -0.39 is 0 Å². The van der Waals surface area contributed by atoms with E-state index in [-0.39, 0.29) is 11.0 Å². The van der Waals surface area contributed by atoms with Crippen LogP contribution in [0.2, 0.25) is 0 Å². The first-order valence-electron chi connectivity index (χ1n) is 6.03. The van der Waals surface area contributed by atoms with Crippen LogP contribution in [-0.4, -0.2) is 67.7 Å². The van der Waals surface area contributed by atoms with Gasteiger partial charge >= 0.3 is 0 Å². The van der Waals surface area contributed by atoms with E-state index in [2.05, 4.69) is 61.5 Å². The molecule has 2 rings (SSSR count). The van der Waals surface area contributed by atoms with E-state index in [1.54, 1.807) is 0 Å². The molecular formula is C13H24BN2O2. The predicted molar refractivity (Wildman–Crippen MR) is 77.6 cm³/mol. The number of rotatable bonds is 4. The third-order valence-electron chi connectivity index (χ3n) is 3.36. The van der Waals surface area contributed by atoms with Gasteiger partial charge < -0.3 is 20.8 Å². The zero-order chi connectivity index (χ0) is 11.4. The third kappa shape index (κ3) is 4.78. The van der Waals surface area contributed by atoms with Crippen LogP contribution in [-0.2, 0) is 0 Å². The summed E-state index contributed by atoms with van der Waals surface area (Å²) in [6.07, 6.45) is 2.38. The van der Waals surface area contributed by atoms with E-state index >= 15 is 0 Å². The fraction of sp³-hybridized carbons (Fsp3) is 0.538. The summed E-state index contributed by atoms with van der Waals surface area (Å²) in [5, 5.41) is 0. The molecule has 18 heavy (non-hydrogen) atoms. The van der Waals surface area contributed by atoms with Crippen LogP contribution in [0.25, 0.3) is 0 Å². The number of hydrogen-bond acceptors (Lipinski definition) is 2. The summed E-state index contributed by atoms with van der Waals surface area (Å²) in [6, 6.07) is 11.3. The largest absolute Gasteiger partial charge is 0.412 e. The van der Waals surface area contributed by atoms with E-state index in [9.17, 15) is 0 Å². The quantitative estimate of drug-likeness (QED) is 0.641. The van der Waals surface area contributed by atoms with Gasteiger partial charge in [-0.2, -0.15) is 0 Å². The van der Waals surface area contributed by atoms with Crippen molar-refractivity contribution >= 4 is 12.7 Å². The minimum Gasteiger partial charge on any atom is -0.412 e. The second-order valence-electron chi connectivity index (χ2n) is 4.78. The molecule has 1 aromatic rings. The first kappa shape index (κ1) is 17.1. The van der Waals surface area contributed by atoms with E-state index in [4.69, 9.17) is 0 Å². The van der Waals surface area contributed by atoms with E-state index in [0.29, 0.717) is 0 Å². The molecule has 4 N–H and O–H groups in total. The highest BCUT2D eigenvalue weighted by Gasteiger charge is 2.23. The Labute approximate surface area is 110 Å². The van der Waals surface area contributed by atoms with Crippen LogP contribution >= 0.6 is 0 Å². The van der Waals surface area contributed by atoms with Crippen molar-refractivity contribution in [2.45, 2.75) is 12.5 Å². The summed E-state index contributed by atoms with van der Waals surface area (Å²) in [7, 11) is 6.67. The Morgan fingerprint density at radius 1 is 1.22 bits per heavy atom. The zero-order valence-electron chi connectivity index (χ0n) is 11.3. The van der Waals surface area contributed by atoms with Crippen LogP contribution < -0.4 is 5.46 Å². The monoisotopic (exact) mass is 251 g/mol. The molecule has 1 heterocycles. The molecule has 0 saturated carbocycles. The van der Waals surface area contributed by atoms with Crippen LogP contribution in [0, 0.1) is 0 Å². The van der Waals surface area contributed by atoms with Gasteiger partial charge in [-0.25, -0.2) is 0 Å². The molecule has 5 heteroatoms. The summed E-state index contributed by atoms with van der Waals surface area (Å²) in [4.78, 5) is 4.86. The van der Waals surface area contributed by atoms with Crippen molar-refractivity contribution in [3.05, 3.63) is 30.3 Å². The summed E-state index contributed by atoms with van der Waals surface area (Å²) in [5.41, 5.74) is 1.33. The summed E-state index contributed by atoms with van der Waals surface area (Å²) < 4.78 is 0. The van der Waals surface area contributed by atoms with Crippen LogP contribution in [0.4, 0.5) is 0 Å². The van der Waals surface area contributed by atoms with E-state index in [0.717, 1.165) is 12.5 Å². The van der Waals surface area contributed by atoms with Crippen molar-refractivity contribution in [3.63, 3.8) is 0 Å².